The lowest BCUT2D eigenvalue weighted by molar-refractivity contribution is -0.136. The predicted octanol–water partition coefficient (Wildman–Crippen LogP) is 5.60. The summed E-state index contributed by atoms with van der Waals surface area (Å²) < 4.78 is 19.2. The van der Waals surface area contributed by atoms with E-state index in [4.69, 9.17) is 16.3 Å². The zero-order chi connectivity index (χ0) is 24.2. The number of ether oxygens (including phenoxy) is 1. The number of carbonyl (C=O) groups is 2. The molecule has 1 atom stereocenters. The third-order valence-electron chi connectivity index (χ3n) is 5.90. The standard InChI is InChI=1S/C26H26ClFN2O3S/c1-17(2)30(26(32)18-4-3-5-19(27)14-18)15-25(31)29-12-10-24-22(11-13-34-24)23(29)16-33-21-8-6-20(28)7-9-21/h3-9,11,13-14,17,23H,10,12,15-16H2,1-2H3/t23-/m0/s1. The Morgan fingerprint density at radius 2 is 1.97 bits per heavy atom. The van der Waals surface area contributed by atoms with Gasteiger partial charge >= 0.3 is 0 Å². The molecule has 0 fully saturated rings. The third kappa shape index (κ3) is 5.42. The molecule has 0 N–H and O–H groups in total. The molecule has 34 heavy (non-hydrogen) atoms. The van der Waals surface area contributed by atoms with E-state index in [0.717, 1.165) is 12.0 Å². The Hall–Kier alpha value is -2.90. The van der Waals surface area contributed by atoms with E-state index in [1.165, 1.54) is 17.0 Å². The van der Waals surface area contributed by atoms with Crippen molar-refractivity contribution in [3.8, 4) is 5.75 Å². The largest absolute Gasteiger partial charge is 0.491 e. The summed E-state index contributed by atoms with van der Waals surface area (Å²) in [5, 5.41) is 2.49. The fraction of sp³-hybridized carbons (Fsp3) is 0.308. The summed E-state index contributed by atoms with van der Waals surface area (Å²) in [6.45, 7) is 4.51. The van der Waals surface area contributed by atoms with Crippen molar-refractivity contribution in [3.05, 3.63) is 86.8 Å². The van der Waals surface area contributed by atoms with Crippen LogP contribution in [-0.2, 0) is 11.2 Å². The molecule has 0 spiro atoms. The Morgan fingerprint density at radius 1 is 1.21 bits per heavy atom. The molecule has 4 rings (SSSR count). The molecule has 0 saturated carbocycles. The van der Waals surface area contributed by atoms with Crippen LogP contribution in [-0.4, -0.2) is 47.4 Å². The first-order valence-corrected chi connectivity index (χ1v) is 12.4. The molecule has 8 heteroatoms. The summed E-state index contributed by atoms with van der Waals surface area (Å²) in [7, 11) is 0. The second-order valence-electron chi connectivity index (χ2n) is 8.45. The van der Waals surface area contributed by atoms with Gasteiger partial charge in [0.1, 0.15) is 24.7 Å². The van der Waals surface area contributed by atoms with E-state index in [2.05, 4.69) is 0 Å². The Morgan fingerprint density at radius 3 is 2.68 bits per heavy atom. The van der Waals surface area contributed by atoms with Gasteiger partial charge in [-0.3, -0.25) is 9.59 Å². The topological polar surface area (TPSA) is 49.9 Å². The van der Waals surface area contributed by atoms with E-state index in [0.29, 0.717) is 22.9 Å². The van der Waals surface area contributed by atoms with Crippen LogP contribution >= 0.6 is 22.9 Å². The first-order chi connectivity index (χ1) is 16.3. The van der Waals surface area contributed by atoms with Gasteiger partial charge in [0.2, 0.25) is 5.91 Å². The molecule has 3 aromatic rings. The number of fused-ring (bicyclic) bond motifs is 1. The Bertz CT molecular complexity index is 1160. The fourth-order valence-electron chi connectivity index (χ4n) is 4.09. The highest BCUT2D eigenvalue weighted by atomic mass is 35.5. The van der Waals surface area contributed by atoms with Crippen LogP contribution in [0.2, 0.25) is 5.02 Å². The van der Waals surface area contributed by atoms with E-state index in [1.54, 1.807) is 57.5 Å². The Kier molecular flexibility index (Phi) is 7.54. The molecule has 2 amide bonds. The van der Waals surface area contributed by atoms with Crippen LogP contribution in [0.15, 0.2) is 60.0 Å². The molecule has 1 aliphatic rings. The van der Waals surface area contributed by atoms with Crippen LogP contribution in [0.3, 0.4) is 0 Å². The van der Waals surface area contributed by atoms with Gasteiger partial charge in [0.05, 0.1) is 6.04 Å². The number of carbonyl (C=O) groups excluding carboxylic acids is 2. The van der Waals surface area contributed by atoms with Crippen LogP contribution in [0.1, 0.15) is 40.7 Å². The summed E-state index contributed by atoms with van der Waals surface area (Å²) in [4.78, 5) is 31.3. The lowest BCUT2D eigenvalue weighted by Crippen LogP contribution is -2.49. The monoisotopic (exact) mass is 500 g/mol. The summed E-state index contributed by atoms with van der Waals surface area (Å²) in [5.74, 6) is -0.178. The Balaban J connectivity index is 1.53. The number of hydrogen-bond donors (Lipinski definition) is 0. The second kappa shape index (κ2) is 10.6. The molecule has 0 unspecified atom stereocenters. The van der Waals surface area contributed by atoms with Crippen LogP contribution in [0.5, 0.6) is 5.75 Å². The van der Waals surface area contributed by atoms with E-state index < -0.39 is 0 Å². The molecule has 0 saturated heterocycles. The number of hydrogen-bond acceptors (Lipinski definition) is 4. The molecule has 2 heterocycles. The van der Waals surface area contributed by atoms with Crippen LogP contribution in [0.25, 0.3) is 0 Å². The van der Waals surface area contributed by atoms with Crippen molar-refractivity contribution in [2.24, 2.45) is 0 Å². The average Bonchev–Trinajstić information content (AvgIpc) is 3.30. The maximum Gasteiger partial charge on any atom is 0.254 e. The lowest BCUT2D eigenvalue weighted by Gasteiger charge is -2.37. The van der Waals surface area contributed by atoms with Gasteiger partial charge in [0.15, 0.2) is 0 Å². The molecule has 5 nitrogen and oxygen atoms in total. The van der Waals surface area contributed by atoms with Crippen LogP contribution in [0, 0.1) is 5.82 Å². The van der Waals surface area contributed by atoms with Crippen molar-refractivity contribution in [3.63, 3.8) is 0 Å². The molecule has 2 aromatic carbocycles. The van der Waals surface area contributed by atoms with E-state index in [9.17, 15) is 14.0 Å². The normalized spacial score (nSPS) is 15.2. The maximum atomic E-state index is 13.5. The number of rotatable bonds is 7. The van der Waals surface area contributed by atoms with Gasteiger partial charge in [0.25, 0.3) is 5.91 Å². The van der Waals surface area contributed by atoms with Crippen molar-refractivity contribution in [1.29, 1.82) is 0 Å². The van der Waals surface area contributed by atoms with Crippen molar-refractivity contribution in [2.75, 3.05) is 19.7 Å². The van der Waals surface area contributed by atoms with E-state index in [-0.39, 0.29) is 42.9 Å². The van der Waals surface area contributed by atoms with Crippen molar-refractivity contribution in [1.82, 2.24) is 9.80 Å². The molecule has 178 valence electrons. The van der Waals surface area contributed by atoms with Gasteiger partial charge in [-0.05, 0) is 79.7 Å². The Labute approximate surface area is 207 Å². The highest BCUT2D eigenvalue weighted by molar-refractivity contribution is 7.10. The van der Waals surface area contributed by atoms with Crippen LogP contribution in [0.4, 0.5) is 4.39 Å². The molecule has 0 radical (unpaired) electrons. The predicted molar refractivity (Wildman–Crippen MR) is 132 cm³/mol. The third-order valence-corrected chi connectivity index (χ3v) is 7.13. The van der Waals surface area contributed by atoms with Gasteiger partial charge in [-0.15, -0.1) is 11.3 Å². The molecular formula is C26H26ClFN2O3S. The summed E-state index contributed by atoms with van der Waals surface area (Å²) >= 11 is 7.74. The quantitative estimate of drug-likeness (QED) is 0.424. The molecule has 0 bridgehead atoms. The number of nitrogens with zero attached hydrogens (tertiary/aromatic N) is 2. The van der Waals surface area contributed by atoms with Crippen molar-refractivity contribution < 1.29 is 18.7 Å². The average molecular weight is 501 g/mol. The lowest BCUT2D eigenvalue weighted by atomic mass is 10.00. The number of benzene rings is 2. The minimum Gasteiger partial charge on any atom is -0.491 e. The minimum atomic E-state index is -0.333. The first kappa shape index (κ1) is 24.2. The summed E-state index contributed by atoms with van der Waals surface area (Å²) in [6, 6.07) is 14.1. The van der Waals surface area contributed by atoms with Gasteiger partial charge in [-0.2, -0.15) is 0 Å². The SMILES string of the molecule is CC(C)N(CC(=O)N1CCc2sccc2[C@@H]1COc1ccc(F)cc1)C(=O)c1cccc(Cl)c1. The van der Waals surface area contributed by atoms with Crippen LogP contribution < -0.4 is 4.74 Å². The van der Waals surface area contributed by atoms with Gasteiger partial charge < -0.3 is 14.5 Å². The van der Waals surface area contributed by atoms with E-state index >= 15 is 0 Å². The highest BCUT2D eigenvalue weighted by Crippen LogP contribution is 2.34. The fourth-order valence-corrected chi connectivity index (χ4v) is 5.21. The van der Waals surface area contributed by atoms with Crippen molar-refractivity contribution >= 4 is 34.8 Å². The minimum absolute atomic E-state index is 0.0461. The zero-order valence-corrected chi connectivity index (χ0v) is 20.6. The summed E-state index contributed by atoms with van der Waals surface area (Å²) in [5.41, 5.74) is 1.51. The number of thiophene rings is 1. The highest BCUT2D eigenvalue weighted by Gasteiger charge is 2.34. The molecule has 1 aliphatic heterocycles. The number of amides is 2. The number of halogens is 2. The second-order valence-corrected chi connectivity index (χ2v) is 9.89. The van der Waals surface area contributed by atoms with Crippen molar-refractivity contribution in [2.45, 2.75) is 32.4 Å². The van der Waals surface area contributed by atoms with E-state index in [1.807, 2.05) is 25.3 Å². The van der Waals surface area contributed by atoms with Gasteiger partial charge in [-0.1, -0.05) is 17.7 Å². The molecule has 0 aliphatic carbocycles. The van der Waals surface area contributed by atoms with Gasteiger partial charge in [0, 0.05) is 28.0 Å². The zero-order valence-electron chi connectivity index (χ0n) is 19.0. The summed E-state index contributed by atoms with van der Waals surface area (Å²) in [6.07, 6.45) is 0.760. The molecule has 1 aromatic heterocycles. The maximum absolute atomic E-state index is 13.5. The van der Waals surface area contributed by atoms with Gasteiger partial charge in [-0.25, -0.2) is 4.39 Å². The smallest absolute Gasteiger partial charge is 0.254 e. The first-order valence-electron chi connectivity index (χ1n) is 11.1. The molecular weight excluding hydrogens is 475 g/mol.